The maximum Gasteiger partial charge on any atom is 0.0723 e. The fourth-order valence-electron chi connectivity index (χ4n) is 5.33. The summed E-state index contributed by atoms with van der Waals surface area (Å²) in [6.45, 7) is 12.2. The average molecular weight is 420 g/mol. The predicted molar refractivity (Wildman–Crippen MR) is 128 cm³/mol. The van der Waals surface area contributed by atoms with Crippen LogP contribution < -0.4 is 5.32 Å². The molecule has 0 amide bonds. The third-order valence-electron chi connectivity index (χ3n) is 7.03. The van der Waals surface area contributed by atoms with E-state index >= 15 is 0 Å². The highest BCUT2D eigenvalue weighted by atomic mass is 16.3. The Bertz CT molecular complexity index is 548. The van der Waals surface area contributed by atoms with Crippen LogP contribution in [0, 0.1) is 23.7 Å². The number of hydrogen-bond acceptors (Lipinski definition) is 3. The Morgan fingerprint density at radius 3 is 2.67 bits per heavy atom. The standard InChI is InChI=1S/C27H49NO2/c1-6-7-11-20(2)16-23(29)13-14-24-25-18-21(17-22(25)19-26(24)30)12-9-8-10-15-28-27(3,4)5/h13-14,17,20,22-26,28-30H,6-12,15-16,18-19H2,1-5H3/t20-,22-,23+,24+,25-,26+/m0/s1. The Hall–Kier alpha value is -0.640. The number of aliphatic hydroxyl groups is 2. The zero-order chi connectivity index (χ0) is 22.1. The zero-order valence-corrected chi connectivity index (χ0v) is 20.4. The smallest absolute Gasteiger partial charge is 0.0723 e. The van der Waals surface area contributed by atoms with Crippen molar-refractivity contribution in [2.45, 2.75) is 117 Å². The first-order valence-electron chi connectivity index (χ1n) is 12.7. The summed E-state index contributed by atoms with van der Waals surface area (Å²) in [6, 6.07) is 0. The summed E-state index contributed by atoms with van der Waals surface area (Å²) in [5.41, 5.74) is 1.82. The van der Waals surface area contributed by atoms with E-state index in [9.17, 15) is 10.2 Å². The van der Waals surface area contributed by atoms with Crippen molar-refractivity contribution in [3.8, 4) is 0 Å². The lowest BCUT2D eigenvalue weighted by atomic mass is 9.88. The third kappa shape index (κ3) is 8.85. The van der Waals surface area contributed by atoms with Crippen LogP contribution in [0.15, 0.2) is 23.8 Å². The summed E-state index contributed by atoms with van der Waals surface area (Å²) in [5.74, 6) is 1.84. The van der Waals surface area contributed by atoms with E-state index in [0.29, 0.717) is 17.8 Å². The first-order valence-corrected chi connectivity index (χ1v) is 12.7. The van der Waals surface area contributed by atoms with Gasteiger partial charge in [0.15, 0.2) is 0 Å². The second-order valence-corrected chi connectivity index (χ2v) is 11.2. The van der Waals surface area contributed by atoms with Crippen molar-refractivity contribution in [3.05, 3.63) is 23.8 Å². The molecule has 0 heterocycles. The minimum absolute atomic E-state index is 0.209. The lowest BCUT2D eigenvalue weighted by Gasteiger charge is -2.20. The lowest BCUT2D eigenvalue weighted by molar-refractivity contribution is 0.139. The Balaban J connectivity index is 1.71. The zero-order valence-electron chi connectivity index (χ0n) is 20.4. The number of rotatable bonds is 13. The normalized spacial score (nSPS) is 28.7. The molecule has 2 rings (SSSR count). The molecule has 3 nitrogen and oxygen atoms in total. The molecule has 0 aromatic rings. The number of nitrogens with one attached hydrogen (secondary N) is 1. The molecule has 0 radical (unpaired) electrons. The van der Waals surface area contributed by atoms with Gasteiger partial charge >= 0.3 is 0 Å². The van der Waals surface area contributed by atoms with Crippen LogP contribution in [0.3, 0.4) is 0 Å². The first kappa shape index (κ1) is 25.6. The van der Waals surface area contributed by atoms with Crippen molar-refractivity contribution < 1.29 is 10.2 Å². The molecule has 0 aliphatic heterocycles. The molecule has 0 unspecified atom stereocenters. The molecule has 0 aromatic heterocycles. The van der Waals surface area contributed by atoms with Crippen molar-refractivity contribution in [1.82, 2.24) is 5.32 Å². The summed E-state index contributed by atoms with van der Waals surface area (Å²) in [7, 11) is 0. The van der Waals surface area contributed by atoms with E-state index in [1.54, 1.807) is 5.57 Å². The van der Waals surface area contributed by atoms with Crippen LogP contribution in [0.1, 0.15) is 98.8 Å². The maximum atomic E-state index is 10.6. The average Bonchev–Trinajstić information content (AvgIpc) is 3.16. The minimum atomic E-state index is -0.376. The van der Waals surface area contributed by atoms with Crippen molar-refractivity contribution in [3.63, 3.8) is 0 Å². The van der Waals surface area contributed by atoms with Crippen LogP contribution in [-0.2, 0) is 0 Å². The summed E-state index contributed by atoms with van der Waals surface area (Å²) in [5, 5.41) is 24.5. The van der Waals surface area contributed by atoms with Crippen molar-refractivity contribution in [1.29, 1.82) is 0 Å². The van der Waals surface area contributed by atoms with Gasteiger partial charge in [-0.15, -0.1) is 0 Å². The van der Waals surface area contributed by atoms with E-state index in [0.717, 1.165) is 25.8 Å². The molecular formula is C27H49NO2. The van der Waals surface area contributed by atoms with Crippen LogP contribution in [0.5, 0.6) is 0 Å². The molecule has 0 aromatic carbocycles. The number of allylic oxidation sites excluding steroid dienone is 2. The monoisotopic (exact) mass is 419 g/mol. The SMILES string of the molecule is CCCC[C@H](C)C[C@H](O)C=C[C@@H]1[C@H]2CC(CCCCCNC(C)(C)C)=C[C@H]2C[C@H]1O. The van der Waals surface area contributed by atoms with E-state index in [-0.39, 0.29) is 23.7 Å². The van der Waals surface area contributed by atoms with Crippen LogP contribution in [0.2, 0.25) is 0 Å². The Kier molecular flexibility index (Phi) is 10.6. The third-order valence-corrected chi connectivity index (χ3v) is 7.03. The molecule has 1 fully saturated rings. The van der Waals surface area contributed by atoms with Crippen LogP contribution in [0.25, 0.3) is 0 Å². The molecule has 0 bridgehead atoms. The molecule has 3 N–H and O–H groups in total. The van der Waals surface area contributed by atoms with Crippen LogP contribution in [0.4, 0.5) is 0 Å². The number of hydrogen-bond donors (Lipinski definition) is 3. The van der Waals surface area contributed by atoms with Gasteiger partial charge in [0.1, 0.15) is 0 Å². The number of unbranched alkanes of at least 4 members (excludes halogenated alkanes) is 3. The summed E-state index contributed by atoms with van der Waals surface area (Å²) < 4.78 is 0. The Labute approximate surface area is 186 Å². The molecular weight excluding hydrogens is 370 g/mol. The van der Waals surface area contributed by atoms with Gasteiger partial charge in [-0.3, -0.25) is 0 Å². The Morgan fingerprint density at radius 1 is 1.20 bits per heavy atom. The molecule has 1 saturated carbocycles. The highest BCUT2D eigenvalue weighted by Crippen LogP contribution is 2.48. The van der Waals surface area contributed by atoms with Gasteiger partial charge in [0, 0.05) is 11.5 Å². The molecule has 2 aliphatic carbocycles. The van der Waals surface area contributed by atoms with Gasteiger partial charge in [-0.05, 0) is 83.6 Å². The number of fused-ring (bicyclic) bond motifs is 1. The van der Waals surface area contributed by atoms with E-state index in [1.165, 1.54) is 44.9 Å². The van der Waals surface area contributed by atoms with Gasteiger partial charge < -0.3 is 15.5 Å². The van der Waals surface area contributed by atoms with E-state index in [2.05, 4.69) is 52.1 Å². The molecule has 2 aliphatic rings. The fourth-order valence-corrected chi connectivity index (χ4v) is 5.33. The van der Waals surface area contributed by atoms with Gasteiger partial charge in [-0.1, -0.05) is 63.3 Å². The highest BCUT2D eigenvalue weighted by Gasteiger charge is 2.43. The molecule has 6 atom stereocenters. The van der Waals surface area contributed by atoms with Gasteiger partial charge in [0.05, 0.1) is 12.2 Å². The Morgan fingerprint density at radius 2 is 1.97 bits per heavy atom. The minimum Gasteiger partial charge on any atom is -0.392 e. The van der Waals surface area contributed by atoms with E-state index in [1.807, 2.05) is 6.08 Å². The summed E-state index contributed by atoms with van der Waals surface area (Å²) in [4.78, 5) is 0. The van der Waals surface area contributed by atoms with Crippen LogP contribution in [-0.4, -0.2) is 34.5 Å². The predicted octanol–water partition coefficient (Wildman–Crippen LogP) is 6.01. The van der Waals surface area contributed by atoms with Gasteiger partial charge in [0.25, 0.3) is 0 Å². The quantitative estimate of drug-likeness (QED) is 0.253. The molecule has 0 spiro atoms. The second-order valence-electron chi connectivity index (χ2n) is 11.2. The first-order chi connectivity index (χ1) is 14.2. The highest BCUT2D eigenvalue weighted by molar-refractivity contribution is 5.21. The van der Waals surface area contributed by atoms with Gasteiger partial charge in [-0.25, -0.2) is 0 Å². The summed E-state index contributed by atoms with van der Waals surface area (Å²) >= 11 is 0. The second kappa shape index (κ2) is 12.4. The van der Waals surface area contributed by atoms with Crippen molar-refractivity contribution in [2.75, 3.05) is 6.54 Å². The van der Waals surface area contributed by atoms with Crippen molar-refractivity contribution >= 4 is 0 Å². The molecule has 3 heteroatoms. The summed E-state index contributed by atoms with van der Waals surface area (Å²) in [6.07, 6.45) is 17.5. The molecule has 30 heavy (non-hydrogen) atoms. The number of aliphatic hydroxyl groups excluding tert-OH is 2. The van der Waals surface area contributed by atoms with Crippen molar-refractivity contribution in [2.24, 2.45) is 23.7 Å². The van der Waals surface area contributed by atoms with Gasteiger partial charge in [0.2, 0.25) is 0 Å². The van der Waals surface area contributed by atoms with Gasteiger partial charge in [-0.2, -0.15) is 0 Å². The van der Waals surface area contributed by atoms with E-state index < -0.39 is 0 Å². The fraction of sp³-hybridized carbons (Fsp3) is 0.852. The van der Waals surface area contributed by atoms with Crippen LogP contribution >= 0.6 is 0 Å². The topological polar surface area (TPSA) is 52.5 Å². The largest absolute Gasteiger partial charge is 0.392 e. The molecule has 0 saturated heterocycles. The van der Waals surface area contributed by atoms with E-state index in [4.69, 9.17) is 0 Å². The maximum absolute atomic E-state index is 10.6. The lowest BCUT2D eigenvalue weighted by Crippen LogP contribution is -2.36. The molecule has 174 valence electrons.